The van der Waals surface area contributed by atoms with Crippen LogP contribution in [0.1, 0.15) is 53.6 Å². The van der Waals surface area contributed by atoms with Crippen LogP contribution in [-0.4, -0.2) is 47.4 Å². The van der Waals surface area contributed by atoms with Crippen LogP contribution in [0.25, 0.3) is 0 Å². The molecule has 24 heavy (non-hydrogen) atoms. The van der Waals surface area contributed by atoms with Gasteiger partial charge in [0.1, 0.15) is 0 Å². The average Bonchev–Trinajstić information content (AvgIpc) is 3.17. The quantitative estimate of drug-likeness (QED) is 0.887. The lowest BCUT2D eigenvalue weighted by atomic mass is 9.97. The van der Waals surface area contributed by atoms with Gasteiger partial charge in [0.25, 0.3) is 5.92 Å². The van der Waals surface area contributed by atoms with Crippen molar-refractivity contribution in [2.45, 2.75) is 62.8 Å². The number of alkyl halides is 2. The lowest BCUT2D eigenvalue weighted by molar-refractivity contribution is -0.134. The summed E-state index contributed by atoms with van der Waals surface area (Å²) < 4.78 is 26.7. The number of nitrogens with one attached hydrogen (secondary N) is 1. The number of halogens is 2. The van der Waals surface area contributed by atoms with E-state index in [9.17, 15) is 13.6 Å². The zero-order chi connectivity index (χ0) is 16.7. The van der Waals surface area contributed by atoms with E-state index in [0.717, 1.165) is 30.7 Å². The fourth-order valence-corrected chi connectivity index (χ4v) is 5.32. The predicted octanol–water partition coefficient (Wildman–Crippen LogP) is 2.73. The molecule has 2 fully saturated rings. The van der Waals surface area contributed by atoms with Crippen LogP contribution in [0.5, 0.6) is 0 Å². The Morgan fingerprint density at radius 2 is 2.12 bits per heavy atom. The summed E-state index contributed by atoms with van der Waals surface area (Å²) in [6, 6.07) is -0.733. The topological polar surface area (TPSA) is 45.2 Å². The Balaban J connectivity index is 1.44. The second-order valence-corrected chi connectivity index (χ2v) is 8.36. The first-order valence-electron chi connectivity index (χ1n) is 8.90. The van der Waals surface area contributed by atoms with Crippen LogP contribution in [-0.2, 0) is 17.6 Å². The summed E-state index contributed by atoms with van der Waals surface area (Å²) in [5, 5.41) is 3.83. The largest absolute Gasteiger partial charge is 0.341 e. The molecule has 0 bridgehead atoms. The van der Waals surface area contributed by atoms with E-state index in [1.807, 2.05) is 0 Å². The third kappa shape index (κ3) is 3.20. The molecule has 2 saturated heterocycles. The van der Waals surface area contributed by atoms with Crippen molar-refractivity contribution in [2.24, 2.45) is 0 Å². The first-order chi connectivity index (χ1) is 11.5. The van der Waals surface area contributed by atoms with Crippen LogP contribution in [0, 0.1) is 0 Å². The van der Waals surface area contributed by atoms with Crippen molar-refractivity contribution in [3.63, 3.8) is 0 Å². The fraction of sp³-hybridized carbons (Fsp3) is 0.765. The Morgan fingerprint density at radius 1 is 1.29 bits per heavy atom. The Hall–Kier alpha value is -1.08. The number of aryl methyl sites for hydroxylation is 2. The Bertz CT molecular complexity index is 610. The Labute approximate surface area is 144 Å². The van der Waals surface area contributed by atoms with Crippen molar-refractivity contribution in [3.8, 4) is 0 Å². The van der Waals surface area contributed by atoms with E-state index in [1.54, 1.807) is 16.2 Å². The number of aromatic nitrogens is 1. The molecule has 2 atom stereocenters. The van der Waals surface area contributed by atoms with Gasteiger partial charge in [0.05, 0.1) is 23.3 Å². The second-order valence-electron chi connectivity index (χ2n) is 7.25. The van der Waals surface area contributed by atoms with Crippen LogP contribution in [0.4, 0.5) is 8.78 Å². The molecule has 0 radical (unpaired) electrons. The molecule has 7 heteroatoms. The van der Waals surface area contributed by atoms with E-state index in [-0.39, 0.29) is 24.8 Å². The Kier molecular flexibility index (Phi) is 4.33. The molecule has 1 aliphatic carbocycles. The first kappa shape index (κ1) is 16.4. The molecule has 2 unspecified atom stereocenters. The van der Waals surface area contributed by atoms with E-state index in [2.05, 4.69) is 5.32 Å². The molecule has 0 saturated carbocycles. The van der Waals surface area contributed by atoms with Crippen LogP contribution in [0.2, 0.25) is 0 Å². The molecule has 0 spiro atoms. The molecule has 4 rings (SSSR count). The third-order valence-corrected chi connectivity index (χ3v) is 6.67. The molecule has 0 aromatic carbocycles. The minimum Gasteiger partial charge on any atom is -0.341 e. The first-order valence-corrected chi connectivity index (χ1v) is 9.72. The van der Waals surface area contributed by atoms with E-state index in [0.29, 0.717) is 13.1 Å². The monoisotopic (exact) mass is 355 g/mol. The molecule has 2 aliphatic heterocycles. The number of hydrogen-bond donors (Lipinski definition) is 1. The summed E-state index contributed by atoms with van der Waals surface area (Å²) in [6.45, 7) is 0.902. The van der Waals surface area contributed by atoms with Crippen LogP contribution >= 0.6 is 11.3 Å². The molecular weight excluding hydrogens is 332 g/mol. The number of hydrogen-bond acceptors (Lipinski definition) is 4. The summed E-state index contributed by atoms with van der Waals surface area (Å²) >= 11 is 1.80. The maximum Gasteiger partial charge on any atom is 0.262 e. The lowest BCUT2D eigenvalue weighted by Crippen LogP contribution is -2.47. The number of carbonyl (C=O) groups is 1. The number of piperidine rings is 1. The summed E-state index contributed by atoms with van der Waals surface area (Å²) in [4.78, 5) is 20.6. The van der Waals surface area contributed by atoms with Crippen molar-refractivity contribution in [1.29, 1.82) is 0 Å². The highest BCUT2D eigenvalue weighted by atomic mass is 32.1. The smallest absolute Gasteiger partial charge is 0.262 e. The maximum atomic E-state index is 13.4. The van der Waals surface area contributed by atoms with Crippen molar-refractivity contribution in [3.05, 3.63) is 15.6 Å². The Morgan fingerprint density at radius 3 is 2.88 bits per heavy atom. The van der Waals surface area contributed by atoms with Crippen LogP contribution < -0.4 is 5.32 Å². The molecule has 1 aromatic heterocycles. The summed E-state index contributed by atoms with van der Waals surface area (Å²) in [6.07, 6.45) is 6.23. The van der Waals surface area contributed by atoms with Crippen LogP contribution in [0.3, 0.4) is 0 Å². The number of carbonyl (C=O) groups excluding carboxylic acids is 1. The number of likely N-dealkylation sites (tertiary alicyclic amines) is 1. The molecular formula is C17H23F2N3OS. The van der Waals surface area contributed by atoms with Gasteiger partial charge in [-0.2, -0.15) is 0 Å². The molecule has 132 valence electrons. The van der Waals surface area contributed by atoms with Crippen molar-refractivity contribution in [1.82, 2.24) is 15.2 Å². The van der Waals surface area contributed by atoms with Gasteiger partial charge in [-0.25, -0.2) is 13.8 Å². The average molecular weight is 355 g/mol. The highest BCUT2D eigenvalue weighted by molar-refractivity contribution is 7.11. The number of amides is 1. The van der Waals surface area contributed by atoms with Gasteiger partial charge in [0.15, 0.2) is 0 Å². The van der Waals surface area contributed by atoms with E-state index in [4.69, 9.17) is 4.98 Å². The maximum absolute atomic E-state index is 13.4. The number of thiazole rings is 1. The van der Waals surface area contributed by atoms with Gasteiger partial charge in [0, 0.05) is 30.3 Å². The molecule has 3 heterocycles. The standard InChI is InChI=1S/C17H23F2N3OS/c18-17(19)8-13(20-10-17)16(23)22-7-3-4-11(9-22)15-21-12-5-1-2-6-14(12)24-15/h11,13,20H,1-10H2. The van der Waals surface area contributed by atoms with Gasteiger partial charge < -0.3 is 4.90 Å². The van der Waals surface area contributed by atoms with Gasteiger partial charge in [-0.05, 0) is 38.5 Å². The van der Waals surface area contributed by atoms with Gasteiger partial charge in [-0.1, -0.05) is 0 Å². The number of rotatable bonds is 2. The third-order valence-electron chi connectivity index (χ3n) is 5.35. The zero-order valence-corrected chi connectivity index (χ0v) is 14.5. The normalized spacial score (nSPS) is 29.5. The summed E-state index contributed by atoms with van der Waals surface area (Å²) in [5.41, 5.74) is 1.25. The highest BCUT2D eigenvalue weighted by Crippen LogP contribution is 2.35. The minimum atomic E-state index is -2.76. The highest BCUT2D eigenvalue weighted by Gasteiger charge is 2.44. The van der Waals surface area contributed by atoms with E-state index >= 15 is 0 Å². The fourth-order valence-electron chi connectivity index (χ4n) is 4.04. The minimum absolute atomic E-state index is 0.168. The van der Waals surface area contributed by atoms with Crippen molar-refractivity contribution in [2.75, 3.05) is 19.6 Å². The summed E-state index contributed by atoms with van der Waals surface area (Å²) in [7, 11) is 0. The van der Waals surface area contributed by atoms with E-state index in [1.165, 1.54) is 23.4 Å². The molecule has 1 aromatic rings. The van der Waals surface area contributed by atoms with Gasteiger partial charge in [-0.3, -0.25) is 10.1 Å². The zero-order valence-electron chi connectivity index (χ0n) is 13.7. The van der Waals surface area contributed by atoms with Gasteiger partial charge >= 0.3 is 0 Å². The molecule has 4 nitrogen and oxygen atoms in total. The number of fused-ring (bicyclic) bond motifs is 1. The number of nitrogens with zero attached hydrogens (tertiary/aromatic N) is 2. The molecule has 1 amide bonds. The van der Waals surface area contributed by atoms with E-state index < -0.39 is 12.0 Å². The SMILES string of the molecule is O=C(C1CC(F)(F)CN1)N1CCCC(c2nc3c(s2)CCCC3)C1. The molecule has 3 aliphatic rings. The van der Waals surface area contributed by atoms with Gasteiger partial charge in [0.2, 0.25) is 5.91 Å². The van der Waals surface area contributed by atoms with Crippen LogP contribution in [0.15, 0.2) is 0 Å². The lowest BCUT2D eigenvalue weighted by Gasteiger charge is -2.33. The second kappa shape index (κ2) is 6.33. The molecule has 1 N–H and O–H groups in total. The van der Waals surface area contributed by atoms with Gasteiger partial charge in [-0.15, -0.1) is 11.3 Å². The summed E-state index contributed by atoms with van der Waals surface area (Å²) in [5.74, 6) is -2.66. The van der Waals surface area contributed by atoms with Crippen molar-refractivity contribution >= 4 is 17.2 Å². The van der Waals surface area contributed by atoms with Crippen molar-refractivity contribution < 1.29 is 13.6 Å². The predicted molar refractivity (Wildman–Crippen MR) is 88.7 cm³/mol.